The molecule has 1 aromatic heterocycles. The minimum atomic E-state index is -0.660. The Morgan fingerprint density at radius 2 is 1.03 bits per heavy atom. The van der Waals surface area contributed by atoms with Crippen LogP contribution in [-0.2, 0) is 17.6 Å². The maximum absolute atomic E-state index is 10.4. The van der Waals surface area contributed by atoms with Crippen molar-refractivity contribution < 1.29 is 14.3 Å². The third-order valence-corrected chi connectivity index (χ3v) is 5.81. The van der Waals surface area contributed by atoms with E-state index in [0.29, 0.717) is 6.42 Å². The Labute approximate surface area is 179 Å². The van der Waals surface area contributed by atoms with Gasteiger partial charge in [0.15, 0.2) is 0 Å². The number of rotatable bonds is 21. The van der Waals surface area contributed by atoms with E-state index >= 15 is 0 Å². The van der Waals surface area contributed by atoms with Gasteiger partial charge in [-0.05, 0) is 31.4 Å². The van der Waals surface area contributed by atoms with Gasteiger partial charge in [-0.2, -0.15) is 0 Å². The van der Waals surface area contributed by atoms with E-state index in [0.717, 1.165) is 25.7 Å². The van der Waals surface area contributed by atoms with E-state index in [9.17, 15) is 4.79 Å². The standard InChI is InChI=1S/C26H46O3/c1-2-3-4-13-16-19-24-22-23-25(29-24)20-17-14-11-9-7-5-6-8-10-12-15-18-21-26(27)28/h22-23H,2-21H2,1H3,(H,27,28). The van der Waals surface area contributed by atoms with E-state index in [4.69, 9.17) is 9.52 Å². The summed E-state index contributed by atoms with van der Waals surface area (Å²) in [6, 6.07) is 4.37. The third kappa shape index (κ3) is 16.3. The quantitative estimate of drug-likeness (QED) is 0.208. The molecule has 168 valence electrons. The molecule has 0 saturated carbocycles. The number of carboxylic acid groups (broad SMARTS) is 1. The van der Waals surface area contributed by atoms with E-state index in [1.54, 1.807) is 0 Å². The smallest absolute Gasteiger partial charge is 0.303 e. The summed E-state index contributed by atoms with van der Waals surface area (Å²) in [5.41, 5.74) is 0. The van der Waals surface area contributed by atoms with Crippen LogP contribution in [0.25, 0.3) is 0 Å². The Morgan fingerprint density at radius 3 is 1.45 bits per heavy atom. The first-order valence-corrected chi connectivity index (χ1v) is 12.5. The highest BCUT2D eigenvalue weighted by atomic mass is 16.4. The predicted octanol–water partition coefficient (Wildman–Crippen LogP) is 8.49. The molecule has 0 fully saturated rings. The lowest BCUT2D eigenvalue weighted by Crippen LogP contribution is -1.93. The molecule has 0 amide bonds. The molecule has 0 aliphatic heterocycles. The SMILES string of the molecule is CCCCCCCc1ccc(CCCCCCCCCCCCCCC(=O)O)o1. The number of hydrogen-bond donors (Lipinski definition) is 1. The summed E-state index contributed by atoms with van der Waals surface area (Å²) in [6.07, 6.45) is 24.2. The maximum atomic E-state index is 10.4. The van der Waals surface area contributed by atoms with Crippen molar-refractivity contribution in [3.05, 3.63) is 23.7 Å². The monoisotopic (exact) mass is 406 g/mol. The number of aliphatic carboxylic acids is 1. The highest BCUT2D eigenvalue weighted by molar-refractivity contribution is 5.66. The van der Waals surface area contributed by atoms with Crippen LogP contribution in [0.1, 0.15) is 134 Å². The van der Waals surface area contributed by atoms with Gasteiger partial charge >= 0.3 is 5.97 Å². The number of furan rings is 1. The second-order valence-corrected chi connectivity index (χ2v) is 8.67. The summed E-state index contributed by atoms with van der Waals surface area (Å²) in [4.78, 5) is 10.4. The average Bonchev–Trinajstić information content (AvgIpc) is 3.15. The predicted molar refractivity (Wildman–Crippen MR) is 123 cm³/mol. The Morgan fingerprint density at radius 1 is 0.655 bits per heavy atom. The van der Waals surface area contributed by atoms with E-state index in [2.05, 4.69) is 19.1 Å². The zero-order valence-corrected chi connectivity index (χ0v) is 19.1. The Bertz CT molecular complexity index is 492. The molecule has 3 heteroatoms. The van der Waals surface area contributed by atoms with Crippen LogP contribution < -0.4 is 0 Å². The molecule has 0 saturated heterocycles. The highest BCUT2D eigenvalue weighted by Gasteiger charge is 2.02. The Balaban J connectivity index is 1.83. The van der Waals surface area contributed by atoms with Gasteiger partial charge in [-0.25, -0.2) is 0 Å². The number of aryl methyl sites for hydroxylation is 2. The lowest BCUT2D eigenvalue weighted by molar-refractivity contribution is -0.137. The van der Waals surface area contributed by atoms with Gasteiger partial charge in [0, 0.05) is 19.3 Å². The van der Waals surface area contributed by atoms with Crippen molar-refractivity contribution in [2.24, 2.45) is 0 Å². The van der Waals surface area contributed by atoms with Crippen LogP contribution >= 0.6 is 0 Å². The number of unbranched alkanes of at least 4 members (excludes halogenated alkanes) is 15. The summed E-state index contributed by atoms with van der Waals surface area (Å²) in [5, 5.41) is 8.60. The molecule has 1 aromatic rings. The molecular formula is C26H46O3. The van der Waals surface area contributed by atoms with Gasteiger partial charge in [-0.3, -0.25) is 4.79 Å². The van der Waals surface area contributed by atoms with Crippen LogP contribution in [-0.4, -0.2) is 11.1 Å². The molecule has 0 atom stereocenters. The summed E-state index contributed by atoms with van der Waals surface area (Å²) in [6.45, 7) is 2.26. The molecule has 0 radical (unpaired) electrons. The number of hydrogen-bond acceptors (Lipinski definition) is 2. The lowest BCUT2D eigenvalue weighted by Gasteiger charge is -2.03. The zero-order chi connectivity index (χ0) is 21.0. The van der Waals surface area contributed by atoms with Crippen molar-refractivity contribution in [1.29, 1.82) is 0 Å². The molecule has 1 heterocycles. The van der Waals surface area contributed by atoms with E-state index in [-0.39, 0.29) is 0 Å². The van der Waals surface area contributed by atoms with Crippen molar-refractivity contribution in [1.82, 2.24) is 0 Å². The Kier molecular flexibility index (Phi) is 16.7. The van der Waals surface area contributed by atoms with Crippen molar-refractivity contribution in [2.75, 3.05) is 0 Å². The zero-order valence-electron chi connectivity index (χ0n) is 19.1. The van der Waals surface area contributed by atoms with Crippen LogP contribution in [0.3, 0.4) is 0 Å². The number of carboxylic acids is 1. The van der Waals surface area contributed by atoms with Gasteiger partial charge < -0.3 is 9.52 Å². The van der Waals surface area contributed by atoms with Crippen molar-refractivity contribution in [3.8, 4) is 0 Å². The third-order valence-electron chi connectivity index (χ3n) is 5.81. The molecule has 0 unspecified atom stereocenters. The topological polar surface area (TPSA) is 50.4 Å². The number of carbonyl (C=O) groups is 1. The van der Waals surface area contributed by atoms with Gasteiger partial charge in [-0.15, -0.1) is 0 Å². The maximum Gasteiger partial charge on any atom is 0.303 e. The van der Waals surface area contributed by atoms with Crippen LogP contribution in [0, 0.1) is 0 Å². The van der Waals surface area contributed by atoms with Crippen molar-refractivity contribution >= 4 is 5.97 Å². The fraction of sp³-hybridized carbons (Fsp3) is 0.808. The molecule has 0 aromatic carbocycles. The molecule has 1 rings (SSSR count). The highest BCUT2D eigenvalue weighted by Crippen LogP contribution is 2.16. The van der Waals surface area contributed by atoms with E-state index in [1.165, 1.54) is 108 Å². The van der Waals surface area contributed by atoms with Gasteiger partial charge in [-0.1, -0.05) is 96.8 Å². The molecule has 1 N–H and O–H groups in total. The van der Waals surface area contributed by atoms with Crippen LogP contribution in [0.2, 0.25) is 0 Å². The summed E-state index contributed by atoms with van der Waals surface area (Å²) < 4.78 is 5.98. The summed E-state index contributed by atoms with van der Waals surface area (Å²) in [7, 11) is 0. The van der Waals surface area contributed by atoms with E-state index in [1.807, 2.05) is 0 Å². The first kappa shape index (κ1) is 25.8. The van der Waals surface area contributed by atoms with Crippen LogP contribution in [0.5, 0.6) is 0 Å². The van der Waals surface area contributed by atoms with Gasteiger partial charge in [0.05, 0.1) is 0 Å². The summed E-state index contributed by atoms with van der Waals surface area (Å²) >= 11 is 0. The molecule has 3 nitrogen and oxygen atoms in total. The fourth-order valence-electron chi connectivity index (χ4n) is 3.94. The summed E-state index contributed by atoms with van der Waals surface area (Å²) in [5.74, 6) is 1.70. The van der Waals surface area contributed by atoms with Crippen LogP contribution in [0.4, 0.5) is 0 Å². The fourth-order valence-corrected chi connectivity index (χ4v) is 3.94. The first-order chi connectivity index (χ1) is 14.2. The molecule has 29 heavy (non-hydrogen) atoms. The van der Waals surface area contributed by atoms with Gasteiger partial charge in [0.2, 0.25) is 0 Å². The second-order valence-electron chi connectivity index (χ2n) is 8.67. The Hall–Kier alpha value is -1.25. The van der Waals surface area contributed by atoms with Gasteiger partial charge in [0.1, 0.15) is 11.5 Å². The first-order valence-electron chi connectivity index (χ1n) is 12.5. The minimum Gasteiger partial charge on any atom is -0.481 e. The molecular weight excluding hydrogens is 360 g/mol. The minimum absolute atomic E-state index is 0.334. The van der Waals surface area contributed by atoms with Crippen molar-refractivity contribution in [2.45, 2.75) is 135 Å². The molecule has 0 aliphatic carbocycles. The molecule has 0 bridgehead atoms. The molecule has 0 spiro atoms. The second kappa shape index (κ2) is 18.8. The normalized spacial score (nSPS) is 11.2. The van der Waals surface area contributed by atoms with Gasteiger partial charge in [0.25, 0.3) is 0 Å². The van der Waals surface area contributed by atoms with Crippen LogP contribution in [0.15, 0.2) is 16.5 Å². The largest absolute Gasteiger partial charge is 0.481 e. The molecule has 0 aliphatic rings. The lowest BCUT2D eigenvalue weighted by atomic mass is 10.0. The van der Waals surface area contributed by atoms with Crippen molar-refractivity contribution in [3.63, 3.8) is 0 Å². The van der Waals surface area contributed by atoms with E-state index < -0.39 is 5.97 Å². The average molecular weight is 407 g/mol.